The molecular formula is C26H31FN4O6S. The molecule has 1 fully saturated rings. The van der Waals surface area contributed by atoms with Gasteiger partial charge in [0, 0.05) is 12.6 Å². The Morgan fingerprint density at radius 3 is 2.66 bits per heavy atom. The number of methoxy groups -OCH3 is 1. The summed E-state index contributed by atoms with van der Waals surface area (Å²) in [5, 5.41) is 2.64. The maximum Gasteiger partial charge on any atom is 0.287 e. The van der Waals surface area contributed by atoms with E-state index in [1.54, 1.807) is 25.3 Å². The van der Waals surface area contributed by atoms with E-state index in [2.05, 4.69) is 20.0 Å². The monoisotopic (exact) mass is 546 g/mol. The number of fused-ring (bicyclic) bond motifs is 1. The molecule has 0 aliphatic heterocycles. The number of rotatable bonds is 10. The van der Waals surface area contributed by atoms with E-state index in [0.717, 1.165) is 43.6 Å². The predicted octanol–water partition coefficient (Wildman–Crippen LogP) is 2.88. The molecule has 38 heavy (non-hydrogen) atoms. The highest BCUT2D eigenvalue weighted by Gasteiger charge is 2.24. The smallest absolute Gasteiger partial charge is 0.287 e. The fourth-order valence-electron chi connectivity index (χ4n) is 4.67. The van der Waals surface area contributed by atoms with Gasteiger partial charge >= 0.3 is 0 Å². The lowest BCUT2D eigenvalue weighted by atomic mass is 9.85. The Morgan fingerprint density at radius 2 is 1.95 bits per heavy atom. The van der Waals surface area contributed by atoms with E-state index in [0.29, 0.717) is 18.1 Å². The van der Waals surface area contributed by atoms with Gasteiger partial charge in [0.2, 0.25) is 10.0 Å². The number of carbonyl (C=O) groups is 1. The molecular weight excluding hydrogens is 515 g/mol. The average Bonchev–Trinajstić information content (AvgIpc) is 2.88. The highest BCUT2D eigenvalue weighted by molar-refractivity contribution is 7.88. The summed E-state index contributed by atoms with van der Waals surface area (Å²) in [5.41, 5.74) is 0.270. The zero-order valence-corrected chi connectivity index (χ0v) is 22.1. The molecule has 1 aliphatic carbocycles. The van der Waals surface area contributed by atoms with Crippen molar-refractivity contribution in [2.45, 2.75) is 44.7 Å². The normalized spacial score (nSPS) is 17.8. The van der Waals surface area contributed by atoms with Crippen LogP contribution in [0.2, 0.25) is 0 Å². The summed E-state index contributed by atoms with van der Waals surface area (Å²) >= 11 is 0. The van der Waals surface area contributed by atoms with Gasteiger partial charge < -0.3 is 19.8 Å². The minimum Gasteiger partial charge on any atom is -0.497 e. The van der Waals surface area contributed by atoms with E-state index in [-0.39, 0.29) is 41.7 Å². The summed E-state index contributed by atoms with van der Waals surface area (Å²) < 4.78 is 51.0. The molecule has 2 aromatic carbocycles. The zero-order valence-electron chi connectivity index (χ0n) is 21.3. The molecule has 1 aliphatic rings. The number of benzene rings is 2. The number of amides is 1. The number of aromatic amines is 1. The first-order valence-electron chi connectivity index (χ1n) is 12.4. The molecule has 0 saturated heterocycles. The third kappa shape index (κ3) is 7.07. The van der Waals surface area contributed by atoms with E-state index in [1.807, 2.05) is 6.07 Å². The molecule has 0 bridgehead atoms. The first-order chi connectivity index (χ1) is 18.1. The number of hydrogen-bond donors (Lipinski definition) is 3. The highest BCUT2D eigenvalue weighted by Crippen LogP contribution is 2.29. The fraction of sp³-hybridized carbons (Fsp3) is 0.423. The van der Waals surface area contributed by atoms with Gasteiger partial charge in [-0.05, 0) is 67.9 Å². The maximum atomic E-state index is 14.6. The summed E-state index contributed by atoms with van der Waals surface area (Å²) in [6.45, 7) is 0.384. The van der Waals surface area contributed by atoms with Crippen LogP contribution in [-0.2, 0) is 16.6 Å². The topological polar surface area (TPSA) is 139 Å². The molecule has 3 aromatic rings. The number of halogens is 1. The average molecular weight is 547 g/mol. The number of carbonyl (C=O) groups excluding carboxylic acids is 1. The van der Waals surface area contributed by atoms with Crippen LogP contribution in [-0.4, -0.2) is 50.3 Å². The molecule has 1 heterocycles. The second kappa shape index (κ2) is 11.9. The molecule has 204 valence electrons. The second-order valence-electron chi connectivity index (χ2n) is 9.46. The molecule has 0 unspecified atom stereocenters. The van der Waals surface area contributed by atoms with Gasteiger partial charge in [-0.25, -0.2) is 22.5 Å². The Bertz CT molecular complexity index is 1470. The van der Waals surface area contributed by atoms with Crippen molar-refractivity contribution in [1.29, 1.82) is 0 Å². The Hall–Kier alpha value is -3.51. The van der Waals surface area contributed by atoms with Crippen molar-refractivity contribution in [2.75, 3.05) is 20.0 Å². The van der Waals surface area contributed by atoms with Crippen molar-refractivity contribution in [3.05, 3.63) is 64.0 Å². The zero-order chi connectivity index (χ0) is 27.3. The Labute approximate surface area is 220 Å². The lowest BCUT2D eigenvalue weighted by Gasteiger charge is -2.28. The maximum absolute atomic E-state index is 14.6. The van der Waals surface area contributed by atoms with E-state index in [9.17, 15) is 22.4 Å². The molecule has 10 nitrogen and oxygen atoms in total. The van der Waals surface area contributed by atoms with E-state index >= 15 is 0 Å². The van der Waals surface area contributed by atoms with Gasteiger partial charge in [0.25, 0.3) is 11.5 Å². The minimum atomic E-state index is -3.24. The summed E-state index contributed by atoms with van der Waals surface area (Å²) in [6, 6.07) is 9.62. The van der Waals surface area contributed by atoms with Crippen LogP contribution in [0.5, 0.6) is 11.5 Å². The molecule has 0 atom stereocenters. The largest absolute Gasteiger partial charge is 0.497 e. The molecule has 3 N–H and O–H groups in total. The van der Waals surface area contributed by atoms with E-state index in [1.165, 1.54) is 6.07 Å². The highest BCUT2D eigenvalue weighted by atomic mass is 32.2. The van der Waals surface area contributed by atoms with Crippen molar-refractivity contribution in [1.82, 2.24) is 20.0 Å². The number of aromatic nitrogens is 2. The Balaban J connectivity index is 1.39. The first kappa shape index (κ1) is 27.5. The Morgan fingerprint density at radius 1 is 1.18 bits per heavy atom. The second-order valence-corrected chi connectivity index (χ2v) is 11.2. The predicted molar refractivity (Wildman–Crippen MR) is 140 cm³/mol. The molecule has 12 heteroatoms. The van der Waals surface area contributed by atoms with Crippen molar-refractivity contribution < 1.29 is 27.1 Å². The van der Waals surface area contributed by atoms with Crippen LogP contribution < -0.4 is 25.1 Å². The molecule has 0 radical (unpaired) electrons. The number of H-pyrrole nitrogens is 1. The number of hydrogen-bond acceptors (Lipinski definition) is 7. The van der Waals surface area contributed by atoms with Gasteiger partial charge in [-0.15, -0.1) is 0 Å². The summed E-state index contributed by atoms with van der Waals surface area (Å²) in [4.78, 5) is 32.2. The standard InChI is InChI=1S/C26H31FN4O6S/c1-36-19-5-3-4-17(14-19)15-28-26(33)24-29-21-11-10-20(27)23(22(21)25(32)30-24)37-13-12-16-6-8-18(9-7-16)31-38(2,34)35/h3-5,10-11,14,16,18,31H,6-9,12-13,15H2,1-2H3,(H,28,33)(H,29,30,32). The van der Waals surface area contributed by atoms with Crippen molar-refractivity contribution in [3.8, 4) is 11.5 Å². The minimum absolute atomic E-state index is 0.0598. The van der Waals surface area contributed by atoms with Gasteiger partial charge in [0.15, 0.2) is 17.4 Å². The van der Waals surface area contributed by atoms with Crippen LogP contribution in [0.15, 0.2) is 41.2 Å². The fourth-order valence-corrected chi connectivity index (χ4v) is 5.52. The van der Waals surface area contributed by atoms with Gasteiger partial charge in [-0.1, -0.05) is 12.1 Å². The van der Waals surface area contributed by atoms with Gasteiger partial charge in [0.1, 0.15) is 11.1 Å². The number of ether oxygens (including phenoxy) is 2. The molecule has 1 aromatic heterocycles. The van der Waals surface area contributed by atoms with Gasteiger partial charge in [-0.2, -0.15) is 0 Å². The lowest BCUT2D eigenvalue weighted by Crippen LogP contribution is -2.37. The number of nitrogens with zero attached hydrogens (tertiary/aromatic N) is 1. The Kier molecular flexibility index (Phi) is 8.62. The quantitative estimate of drug-likeness (QED) is 0.355. The van der Waals surface area contributed by atoms with Gasteiger partial charge in [0.05, 0.1) is 25.5 Å². The number of sulfonamides is 1. The molecule has 1 amide bonds. The van der Waals surface area contributed by atoms with Crippen LogP contribution in [0.1, 0.15) is 48.3 Å². The van der Waals surface area contributed by atoms with Gasteiger partial charge in [-0.3, -0.25) is 9.59 Å². The molecule has 1 saturated carbocycles. The van der Waals surface area contributed by atoms with Crippen LogP contribution in [0, 0.1) is 11.7 Å². The summed E-state index contributed by atoms with van der Waals surface area (Å²) in [6.07, 6.45) is 4.90. The third-order valence-corrected chi connectivity index (χ3v) is 7.34. The van der Waals surface area contributed by atoms with Crippen LogP contribution in [0.4, 0.5) is 4.39 Å². The lowest BCUT2D eigenvalue weighted by molar-refractivity contribution is 0.0940. The van der Waals surface area contributed by atoms with Crippen LogP contribution >= 0.6 is 0 Å². The number of nitrogens with one attached hydrogen (secondary N) is 3. The van der Waals surface area contributed by atoms with Crippen molar-refractivity contribution >= 4 is 26.8 Å². The SMILES string of the molecule is COc1cccc(CNC(=O)c2nc3ccc(F)c(OCCC4CCC(NS(C)(=O)=O)CC4)c3c(=O)[nH]2)c1. The van der Waals surface area contributed by atoms with E-state index < -0.39 is 27.3 Å². The first-order valence-corrected chi connectivity index (χ1v) is 14.3. The molecule has 4 rings (SSSR count). The van der Waals surface area contributed by atoms with Crippen molar-refractivity contribution in [3.63, 3.8) is 0 Å². The van der Waals surface area contributed by atoms with Crippen LogP contribution in [0.3, 0.4) is 0 Å². The van der Waals surface area contributed by atoms with E-state index in [4.69, 9.17) is 9.47 Å². The summed E-state index contributed by atoms with van der Waals surface area (Å²) in [7, 11) is -1.69. The summed E-state index contributed by atoms with van der Waals surface area (Å²) in [5.74, 6) is -0.711. The third-order valence-electron chi connectivity index (χ3n) is 6.58. The van der Waals surface area contributed by atoms with Crippen LogP contribution in [0.25, 0.3) is 10.9 Å². The van der Waals surface area contributed by atoms with Crippen molar-refractivity contribution in [2.24, 2.45) is 5.92 Å². The molecule has 0 spiro atoms.